The Labute approximate surface area is 55.3 Å². The van der Waals surface area contributed by atoms with Crippen LogP contribution in [0.4, 0.5) is 0 Å². The van der Waals surface area contributed by atoms with Crippen molar-refractivity contribution in [3.63, 3.8) is 0 Å². The van der Waals surface area contributed by atoms with E-state index in [9.17, 15) is 0 Å². The second-order valence-electron chi connectivity index (χ2n) is 1.58. The maximum absolute atomic E-state index is 5.07. The van der Waals surface area contributed by atoms with Crippen molar-refractivity contribution in [2.24, 2.45) is 0 Å². The smallest absolute Gasteiger partial charge is 0.119 e. The fourth-order valence-corrected chi connectivity index (χ4v) is 0.586. The molecule has 46 valence electrons. The molecule has 1 aromatic carbocycles. The van der Waals surface area contributed by atoms with E-state index in [1.807, 2.05) is 24.3 Å². The minimum atomic E-state index is 0.476. The Hall–Kier alpha value is -0.980. The normalized spacial score (nSPS) is 9.00. The number of hydrogen-bond donors (Lipinski definition) is 0. The van der Waals surface area contributed by atoms with Crippen LogP contribution in [0.3, 0.4) is 0 Å². The SMILES string of the molecule is [CH2]COc1cc[c]cc1. The third kappa shape index (κ3) is 1.76. The van der Waals surface area contributed by atoms with Gasteiger partial charge in [-0.1, -0.05) is 12.1 Å². The summed E-state index contributed by atoms with van der Waals surface area (Å²) in [6.45, 7) is 4.02. The maximum atomic E-state index is 5.07. The first-order chi connectivity index (χ1) is 4.43. The highest BCUT2D eigenvalue weighted by atomic mass is 16.5. The highest BCUT2D eigenvalue weighted by Gasteiger charge is 1.84. The molecule has 1 heteroatoms. The Bertz CT molecular complexity index is 157. The van der Waals surface area contributed by atoms with E-state index in [0.717, 1.165) is 5.75 Å². The lowest BCUT2D eigenvalue weighted by atomic mass is 10.3. The third-order valence-electron chi connectivity index (χ3n) is 0.956. The van der Waals surface area contributed by atoms with Crippen LogP contribution in [0.2, 0.25) is 0 Å². The predicted octanol–water partition coefficient (Wildman–Crippen LogP) is 1.70. The van der Waals surface area contributed by atoms with Gasteiger partial charge in [0.15, 0.2) is 0 Å². The molecule has 1 nitrogen and oxygen atoms in total. The zero-order valence-corrected chi connectivity index (χ0v) is 5.13. The molecule has 0 saturated heterocycles. The van der Waals surface area contributed by atoms with Gasteiger partial charge >= 0.3 is 0 Å². The minimum absolute atomic E-state index is 0.476. The Morgan fingerprint density at radius 3 is 2.67 bits per heavy atom. The van der Waals surface area contributed by atoms with Crippen molar-refractivity contribution in [3.05, 3.63) is 37.3 Å². The number of rotatable bonds is 2. The second kappa shape index (κ2) is 3.13. The third-order valence-corrected chi connectivity index (χ3v) is 0.956. The van der Waals surface area contributed by atoms with Crippen LogP contribution in [-0.2, 0) is 0 Å². The molecule has 0 N–H and O–H groups in total. The average molecular weight is 120 g/mol. The van der Waals surface area contributed by atoms with Gasteiger partial charge < -0.3 is 4.74 Å². The summed E-state index contributed by atoms with van der Waals surface area (Å²) in [5.74, 6) is 0.851. The molecule has 2 radical (unpaired) electrons. The van der Waals surface area contributed by atoms with Gasteiger partial charge in [0.1, 0.15) is 5.75 Å². The van der Waals surface area contributed by atoms with Gasteiger partial charge in [-0.2, -0.15) is 0 Å². The summed E-state index contributed by atoms with van der Waals surface area (Å²) in [7, 11) is 0. The van der Waals surface area contributed by atoms with E-state index in [-0.39, 0.29) is 0 Å². The van der Waals surface area contributed by atoms with E-state index in [2.05, 4.69) is 13.0 Å². The lowest BCUT2D eigenvalue weighted by Gasteiger charge is -1.98. The van der Waals surface area contributed by atoms with Crippen LogP contribution in [0.1, 0.15) is 0 Å². The van der Waals surface area contributed by atoms with Crippen LogP contribution in [0.15, 0.2) is 24.3 Å². The molecule has 0 bridgehead atoms. The molecule has 0 aromatic heterocycles. The van der Waals surface area contributed by atoms with Crippen molar-refractivity contribution in [2.75, 3.05) is 6.61 Å². The van der Waals surface area contributed by atoms with Crippen molar-refractivity contribution >= 4 is 0 Å². The largest absolute Gasteiger partial charge is 0.494 e. The molecule has 1 aromatic rings. The molecule has 0 atom stereocenters. The highest BCUT2D eigenvalue weighted by molar-refractivity contribution is 5.20. The number of hydrogen-bond acceptors (Lipinski definition) is 1. The quantitative estimate of drug-likeness (QED) is 0.577. The van der Waals surface area contributed by atoms with Crippen molar-refractivity contribution < 1.29 is 4.74 Å². The number of benzene rings is 1. The predicted molar refractivity (Wildman–Crippen MR) is 36.1 cm³/mol. The molecular formula is C8H8O. The van der Waals surface area contributed by atoms with E-state index < -0.39 is 0 Å². The number of ether oxygens (including phenoxy) is 1. The zero-order chi connectivity index (χ0) is 6.53. The minimum Gasteiger partial charge on any atom is -0.494 e. The van der Waals surface area contributed by atoms with Gasteiger partial charge in [0.2, 0.25) is 0 Å². The van der Waals surface area contributed by atoms with Crippen LogP contribution < -0.4 is 4.74 Å². The van der Waals surface area contributed by atoms with Gasteiger partial charge in [-0.15, -0.1) is 0 Å². The fraction of sp³-hybridized carbons (Fsp3) is 0.125. The Kier molecular flexibility index (Phi) is 2.13. The Morgan fingerprint density at radius 2 is 2.11 bits per heavy atom. The van der Waals surface area contributed by atoms with Gasteiger partial charge in [0.05, 0.1) is 6.61 Å². The fourth-order valence-electron chi connectivity index (χ4n) is 0.586. The molecule has 0 aliphatic carbocycles. The van der Waals surface area contributed by atoms with Gasteiger partial charge in [-0.3, -0.25) is 0 Å². The van der Waals surface area contributed by atoms with Crippen LogP contribution in [-0.4, -0.2) is 6.61 Å². The molecule has 0 spiro atoms. The van der Waals surface area contributed by atoms with Crippen LogP contribution in [0.5, 0.6) is 5.75 Å². The molecule has 0 amide bonds. The Balaban J connectivity index is 2.61. The monoisotopic (exact) mass is 120 g/mol. The van der Waals surface area contributed by atoms with E-state index in [0.29, 0.717) is 6.61 Å². The molecule has 0 aliphatic rings. The topological polar surface area (TPSA) is 9.23 Å². The van der Waals surface area contributed by atoms with Crippen LogP contribution >= 0.6 is 0 Å². The molecular weight excluding hydrogens is 112 g/mol. The van der Waals surface area contributed by atoms with Gasteiger partial charge in [-0.25, -0.2) is 0 Å². The van der Waals surface area contributed by atoms with Crippen LogP contribution in [0, 0.1) is 13.0 Å². The average Bonchev–Trinajstić information content (AvgIpc) is 1.91. The summed E-state index contributed by atoms with van der Waals surface area (Å²) in [4.78, 5) is 0. The van der Waals surface area contributed by atoms with E-state index >= 15 is 0 Å². The van der Waals surface area contributed by atoms with Crippen LogP contribution in [0.25, 0.3) is 0 Å². The standard InChI is InChI=1S/C8H8O/c1-2-9-8-6-4-3-5-7-8/h4-7H,1-2H2. The first kappa shape index (κ1) is 6.14. The second-order valence-corrected chi connectivity index (χ2v) is 1.58. The molecule has 0 fully saturated rings. The summed E-state index contributed by atoms with van der Waals surface area (Å²) >= 11 is 0. The van der Waals surface area contributed by atoms with Crippen molar-refractivity contribution in [1.29, 1.82) is 0 Å². The molecule has 0 heterocycles. The van der Waals surface area contributed by atoms with E-state index in [1.165, 1.54) is 0 Å². The van der Waals surface area contributed by atoms with E-state index in [4.69, 9.17) is 4.74 Å². The molecule has 0 aliphatic heterocycles. The highest BCUT2D eigenvalue weighted by Crippen LogP contribution is 2.06. The summed E-state index contributed by atoms with van der Waals surface area (Å²) in [5, 5.41) is 0. The Morgan fingerprint density at radius 1 is 1.44 bits per heavy atom. The lowest BCUT2D eigenvalue weighted by Crippen LogP contribution is -1.89. The molecule has 9 heavy (non-hydrogen) atoms. The van der Waals surface area contributed by atoms with Gasteiger partial charge in [0.25, 0.3) is 0 Å². The molecule has 0 saturated carbocycles. The van der Waals surface area contributed by atoms with E-state index in [1.54, 1.807) is 0 Å². The summed E-state index contributed by atoms with van der Waals surface area (Å²) in [5.41, 5.74) is 0. The van der Waals surface area contributed by atoms with Gasteiger partial charge in [-0.05, 0) is 25.1 Å². The van der Waals surface area contributed by atoms with Crippen molar-refractivity contribution in [3.8, 4) is 5.75 Å². The maximum Gasteiger partial charge on any atom is 0.119 e. The van der Waals surface area contributed by atoms with Crippen molar-refractivity contribution in [2.45, 2.75) is 0 Å². The summed E-state index contributed by atoms with van der Waals surface area (Å²) in [6, 6.07) is 10.2. The lowest BCUT2D eigenvalue weighted by molar-refractivity contribution is 0.361. The summed E-state index contributed by atoms with van der Waals surface area (Å²) in [6.07, 6.45) is 0. The van der Waals surface area contributed by atoms with Crippen molar-refractivity contribution in [1.82, 2.24) is 0 Å². The van der Waals surface area contributed by atoms with Gasteiger partial charge in [0, 0.05) is 0 Å². The molecule has 1 rings (SSSR count). The first-order valence-corrected chi connectivity index (χ1v) is 2.81. The molecule has 0 unspecified atom stereocenters. The first-order valence-electron chi connectivity index (χ1n) is 2.81. The summed E-state index contributed by atoms with van der Waals surface area (Å²) < 4.78 is 5.07. The zero-order valence-electron chi connectivity index (χ0n) is 5.13.